The van der Waals surface area contributed by atoms with Crippen LogP contribution in [0.1, 0.15) is 18.4 Å². The number of carbonyl (C=O) groups excluding carboxylic acids is 1. The lowest BCUT2D eigenvalue weighted by molar-refractivity contribution is -0.117. The van der Waals surface area contributed by atoms with Gasteiger partial charge in [-0.3, -0.25) is 4.79 Å². The average molecular weight is 277 g/mol. The van der Waals surface area contributed by atoms with Gasteiger partial charge in [-0.2, -0.15) is 5.26 Å². The van der Waals surface area contributed by atoms with Crippen LogP contribution in [0.15, 0.2) is 48.5 Å². The van der Waals surface area contributed by atoms with Crippen molar-refractivity contribution in [3.05, 3.63) is 54.1 Å². The van der Waals surface area contributed by atoms with Crippen LogP contribution in [0, 0.1) is 17.2 Å². The molecule has 4 nitrogen and oxygen atoms in total. The first kappa shape index (κ1) is 13.2. The SMILES string of the molecule is N#Cc1cccc(Nc2ccc(NC(=O)C3CC3)cc2)c1. The molecule has 0 radical (unpaired) electrons. The Morgan fingerprint density at radius 2 is 1.76 bits per heavy atom. The van der Waals surface area contributed by atoms with E-state index in [4.69, 9.17) is 5.26 Å². The molecule has 0 unspecified atom stereocenters. The summed E-state index contributed by atoms with van der Waals surface area (Å²) in [5.74, 6) is 0.314. The van der Waals surface area contributed by atoms with E-state index in [0.717, 1.165) is 29.9 Å². The molecule has 0 atom stereocenters. The second-order valence-electron chi connectivity index (χ2n) is 5.16. The summed E-state index contributed by atoms with van der Waals surface area (Å²) < 4.78 is 0. The maximum Gasteiger partial charge on any atom is 0.227 e. The molecule has 2 aromatic rings. The Bertz CT molecular complexity index is 697. The zero-order valence-electron chi connectivity index (χ0n) is 11.5. The maximum atomic E-state index is 11.7. The number of carbonyl (C=O) groups is 1. The van der Waals surface area contributed by atoms with Crippen LogP contribution < -0.4 is 10.6 Å². The van der Waals surface area contributed by atoms with Crippen molar-refractivity contribution < 1.29 is 4.79 Å². The third-order valence-corrected chi connectivity index (χ3v) is 3.38. The van der Waals surface area contributed by atoms with Crippen molar-refractivity contribution in [3.63, 3.8) is 0 Å². The van der Waals surface area contributed by atoms with Crippen LogP contribution in [-0.4, -0.2) is 5.91 Å². The third kappa shape index (κ3) is 3.40. The zero-order valence-corrected chi connectivity index (χ0v) is 11.5. The zero-order chi connectivity index (χ0) is 14.7. The molecule has 2 aromatic carbocycles. The smallest absolute Gasteiger partial charge is 0.227 e. The number of amides is 1. The molecule has 0 bridgehead atoms. The van der Waals surface area contributed by atoms with Gasteiger partial charge in [0.1, 0.15) is 0 Å². The van der Waals surface area contributed by atoms with Gasteiger partial charge in [-0.15, -0.1) is 0 Å². The second kappa shape index (κ2) is 5.68. The number of hydrogen-bond acceptors (Lipinski definition) is 3. The summed E-state index contributed by atoms with van der Waals surface area (Å²) in [4.78, 5) is 11.7. The molecule has 1 aliphatic rings. The highest BCUT2D eigenvalue weighted by molar-refractivity contribution is 5.94. The summed E-state index contributed by atoms with van der Waals surface area (Å²) in [6, 6.07) is 17.0. The van der Waals surface area contributed by atoms with E-state index in [1.165, 1.54) is 0 Å². The number of nitrogens with one attached hydrogen (secondary N) is 2. The van der Waals surface area contributed by atoms with E-state index in [1.807, 2.05) is 36.4 Å². The predicted octanol–water partition coefficient (Wildman–Crippen LogP) is 3.65. The first-order chi connectivity index (χ1) is 10.2. The van der Waals surface area contributed by atoms with Crippen molar-refractivity contribution in [2.75, 3.05) is 10.6 Å². The summed E-state index contributed by atoms with van der Waals surface area (Å²) in [5.41, 5.74) is 3.20. The van der Waals surface area contributed by atoms with Crippen LogP contribution in [0.25, 0.3) is 0 Å². The number of nitriles is 1. The maximum absolute atomic E-state index is 11.7. The normalized spacial score (nSPS) is 13.3. The van der Waals surface area contributed by atoms with Crippen LogP contribution >= 0.6 is 0 Å². The molecule has 1 amide bonds. The fourth-order valence-electron chi connectivity index (χ4n) is 2.06. The van der Waals surface area contributed by atoms with Gasteiger partial charge in [-0.25, -0.2) is 0 Å². The highest BCUT2D eigenvalue weighted by atomic mass is 16.2. The van der Waals surface area contributed by atoms with Crippen molar-refractivity contribution >= 4 is 23.0 Å². The fraction of sp³-hybridized carbons (Fsp3) is 0.176. The van der Waals surface area contributed by atoms with Crippen LogP contribution in [0.3, 0.4) is 0 Å². The molecule has 104 valence electrons. The monoisotopic (exact) mass is 277 g/mol. The summed E-state index contributed by atoms with van der Waals surface area (Å²) in [6.07, 6.45) is 2.00. The molecule has 4 heteroatoms. The van der Waals surface area contributed by atoms with E-state index in [1.54, 1.807) is 12.1 Å². The molecule has 1 aliphatic carbocycles. The third-order valence-electron chi connectivity index (χ3n) is 3.38. The Morgan fingerprint density at radius 3 is 2.43 bits per heavy atom. The molecule has 3 rings (SSSR count). The molecule has 0 aliphatic heterocycles. The van der Waals surface area contributed by atoms with E-state index in [2.05, 4.69) is 16.7 Å². The van der Waals surface area contributed by atoms with Crippen molar-refractivity contribution in [1.82, 2.24) is 0 Å². The Balaban J connectivity index is 1.66. The highest BCUT2D eigenvalue weighted by Gasteiger charge is 2.29. The number of benzene rings is 2. The Kier molecular flexibility index (Phi) is 3.57. The molecule has 0 saturated heterocycles. The largest absolute Gasteiger partial charge is 0.355 e. The average Bonchev–Trinajstić information content (AvgIpc) is 3.34. The van der Waals surface area contributed by atoms with Crippen LogP contribution in [0.5, 0.6) is 0 Å². The van der Waals surface area contributed by atoms with Gasteiger partial charge < -0.3 is 10.6 Å². The van der Waals surface area contributed by atoms with E-state index >= 15 is 0 Å². The quantitative estimate of drug-likeness (QED) is 0.896. The van der Waals surface area contributed by atoms with Crippen molar-refractivity contribution in [3.8, 4) is 6.07 Å². The number of anilines is 3. The van der Waals surface area contributed by atoms with Crippen molar-refractivity contribution in [2.24, 2.45) is 5.92 Å². The first-order valence-corrected chi connectivity index (χ1v) is 6.93. The molecular weight excluding hydrogens is 262 g/mol. The standard InChI is InChI=1S/C17H15N3O/c18-11-12-2-1-3-16(10-12)19-14-6-8-15(9-7-14)20-17(21)13-4-5-13/h1-3,6-10,13,19H,4-5H2,(H,20,21). The molecular formula is C17H15N3O. The second-order valence-corrected chi connectivity index (χ2v) is 5.16. The van der Waals surface area contributed by atoms with Gasteiger partial charge in [0.05, 0.1) is 11.6 Å². The van der Waals surface area contributed by atoms with Gasteiger partial charge in [0.2, 0.25) is 5.91 Å². The van der Waals surface area contributed by atoms with Gasteiger partial charge in [0.25, 0.3) is 0 Å². The van der Waals surface area contributed by atoms with Crippen molar-refractivity contribution in [2.45, 2.75) is 12.8 Å². The Hall–Kier alpha value is -2.80. The molecule has 2 N–H and O–H groups in total. The van der Waals surface area contributed by atoms with Crippen LogP contribution in [0.2, 0.25) is 0 Å². The van der Waals surface area contributed by atoms with Crippen molar-refractivity contribution in [1.29, 1.82) is 5.26 Å². The minimum Gasteiger partial charge on any atom is -0.355 e. The van der Waals surface area contributed by atoms with Gasteiger partial charge in [0.15, 0.2) is 0 Å². The topological polar surface area (TPSA) is 64.9 Å². The predicted molar refractivity (Wildman–Crippen MR) is 82.2 cm³/mol. The lowest BCUT2D eigenvalue weighted by atomic mass is 10.2. The van der Waals surface area contributed by atoms with E-state index in [9.17, 15) is 4.79 Å². The summed E-state index contributed by atoms with van der Waals surface area (Å²) in [6.45, 7) is 0. The van der Waals surface area contributed by atoms with Gasteiger partial charge in [0, 0.05) is 23.0 Å². The number of hydrogen-bond donors (Lipinski definition) is 2. The van der Waals surface area contributed by atoms with E-state index < -0.39 is 0 Å². The minimum atomic E-state index is 0.109. The van der Waals surface area contributed by atoms with Gasteiger partial charge in [-0.05, 0) is 55.3 Å². The summed E-state index contributed by atoms with van der Waals surface area (Å²) >= 11 is 0. The van der Waals surface area contributed by atoms with Gasteiger partial charge >= 0.3 is 0 Å². The molecule has 0 aromatic heterocycles. The molecule has 1 fully saturated rings. The lowest BCUT2D eigenvalue weighted by Gasteiger charge is -2.08. The summed E-state index contributed by atoms with van der Waals surface area (Å²) in [5, 5.41) is 15.0. The number of rotatable bonds is 4. The first-order valence-electron chi connectivity index (χ1n) is 6.93. The number of nitrogens with zero attached hydrogens (tertiary/aromatic N) is 1. The lowest BCUT2D eigenvalue weighted by Crippen LogP contribution is -2.13. The highest BCUT2D eigenvalue weighted by Crippen LogP contribution is 2.30. The van der Waals surface area contributed by atoms with Gasteiger partial charge in [-0.1, -0.05) is 6.07 Å². The molecule has 21 heavy (non-hydrogen) atoms. The molecule has 0 heterocycles. The van der Waals surface area contributed by atoms with E-state index in [-0.39, 0.29) is 11.8 Å². The summed E-state index contributed by atoms with van der Waals surface area (Å²) in [7, 11) is 0. The Morgan fingerprint density at radius 1 is 1.05 bits per heavy atom. The van der Waals surface area contributed by atoms with Crippen LogP contribution in [0.4, 0.5) is 17.1 Å². The van der Waals surface area contributed by atoms with E-state index in [0.29, 0.717) is 5.56 Å². The molecule has 1 saturated carbocycles. The van der Waals surface area contributed by atoms with Crippen LogP contribution in [-0.2, 0) is 4.79 Å². The fourth-order valence-corrected chi connectivity index (χ4v) is 2.06. The Labute approximate surface area is 123 Å². The minimum absolute atomic E-state index is 0.109. The molecule has 0 spiro atoms.